The molecule has 5 rings (SSSR count). The summed E-state index contributed by atoms with van der Waals surface area (Å²) in [4.78, 5) is 57.8. The van der Waals surface area contributed by atoms with Crippen molar-refractivity contribution >= 4 is 23.7 Å². The van der Waals surface area contributed by atoms with Crippen LogP contribution in [0.25, 0.3) is 0 Å². The largest absolute Gasteiger partial charge is 0.460 e. The Bertz CT molecular complexity index is 1020. The quantitative estimate of drug-likeness (QED) is 0.306. The summed E-state index contributed by atoms with van der Waals surface area (Å²) >= 11 is 0. The lowest BCUT2D eigenvalue weighted by Crippen LogP contribution is -2.58. The zero-order chi connectivity index (χ0) is 27.6. The molecule has 1 saturated carbocycles. The maximum Gasteiger partial charge on any atom is 0.313 e. The number of nitrogens with zero attached hydrogens (tertiary/aromatic N) is 2. The van der Waals surface area contributed by atoms with Crippen LogP contribution in [0, 0.1) is 11.8 Å². The van der Waals surface area contributed by atoms with E-state index in [2.05, 4.69) is 5.32 Å². The number of likely N-dealkylation sites (tertiary alicyclic amines) is 1. The first kappa shape index (κ1) is 27.8. The molecular formula is C29H41N3O7. The fourth-order valence-electron chi connectivity index (χ4n) is 7.00. The third kappa shape index (κ3) is 5.25. The fraction of sp³-hybridized carbons (Fsp3) is 0.724. The van der Waals surface area contributed by atoms with Crippen LogP contribution in [0.2, 0.25) is 0 Å². The van der Waals surface area contributed by atoms with Crippen LogP contribution in [0.1, 0.15) is 64.7 Å². The molecule has 10 heteroatoms. The van der Waals surface area contributed by atoms with Crippen LogP contribution in [-0.4, -0.2) is 94.7 Å². The highest BCUT2D eigenvalue weighted by Gasteiger charge is 2.73. The molecule has 0 aromatic heterocycles. The number of rotatable bonds is 5. The highest BCUT2D eigenvalue weighted by molar-refractivity contribution is 5.99. The van der Waals surface area contributed by atoms with Crippen molar-refractivity contribution in [2.75, 3.05) is 26.2 Å². The van der Waals surface area contributed by atoms with Crippen molar-refractivity contribution in [3.63, 3.8) is 0 Å². The Labute approximate surface area is 229 Å². The van der Waals surface area contributed by atoms with Gasteiger partial charge in [0.25, 0.3) is 0 Å². The lowest BCUT2D eigenvalue weighted by molar-refractivity contribution is -0.158. The maximum absolute atomic E-state index is 14.5. The zero-order valence-electron chi connectivity index (χ0n) is 22.8. The standard InChI is InChI=1S/C29H41N3O7/c1-19-18-30-22(34)12-6-3-7-15-31(20-10-4-2-5-11-20)27(36)25-29-14-13-21(39-29)23(28(37)38-19)24(29)26(35)32(25)16-8-9-17-33/h3,7,13-14,19-21,23-25,33H,2,4-6,8-12,15-18H2,1H3,(H,30,34)/b7-3-/t19-,21+,23-,24-,25+,29-/m1/s1. The van der Waals surface area contributed by atoms with Crippen LogP contribution in [0.4, 0.5) is 0 Å². The summed E-state index contributed by atoms with van der Waals surface area (Å²) in [6.45, 7) is 2.56. The van der Waals surface area contributed by atoms with Crippen LogP contribution in [-0.2, 0) is 28.7 Å². The van der Waals surface area contributed by atoms with Crippen molar-refractivity contribution < 1.29 is 33.8 Å². The number of carbonyl (C=O) groups excluding carboxylic acids is 4. The summed E-state index contributed by atoms with van der Waals surface area (Å²) in [5.41, 5.74) is -1.23. The van der Waals surface area contributed by atoms with E-state index in [9.17, 15) is 24.3 Å². The molecule has 1 aliphatic carbocycles. The number of fused-ring (bicyclic) bond motifs is 2. The van der Waals surface area contributed by atoms with Crippen LogP contribution in [0.5, 0.6) is 0 Å². The first-order valence-electron chi connectivity index (χ1n) is 14.6. The van der Waals surface area contributed by atoms with E-state index in [-0.39, 0.29) is 36.9 Å². The number of hydrogen-bond acceptors (Lipinski definition) is 7. The topological polar surface area (TPSA) is 125 Å². The highest BCUT2D eigenvalue weighted by Crippen LogP contribution is 2.55. The number of esters is 1. The van der Waals surface area contributed by atoms with E-state index in [0.717, 1.165) is 32.1 Å². The number of ether oxygens (including phenoxy) is 2. The summed E-state index contributed by atoms with van der Waals surface area (Å²) in [5.74, 6) is -2.85. The molecule has 10 nitrogen and oxygen atoms in total. The Morgan fingerprint density at radius 3 is 2.64 bits per heavy atom. The van der Waals surface area contributed by atoms with Crippen LogP contribution >= 0.6 is 0 Å². The van der Waals surface area contributed by atoms with Crippen LogP contribution in [0.15, 0.2) is 24.3 Å². The Kier molecular flexibility index (Phi) is 8.42. The van der Waals surface area contributed by atoms with Crippen molar-refractivity contribution in [1.29, 1.82) is 0 Å². The van der Waals surface area contributed by atoms with Gasteiger partial charge in [0.15, 0.2) is 0 Å². The predicted octanol–water partition coefficient (Wildman–Crippen LogP) is 1.47. The van der Waals surface area contributed by atoms with Gasteiger partial charge < -0.3 is 29.7 Å². The van der Waals surface area contributed by atoms with Crippen LogP contribution < -0.4 is 5.32 Å². The molecule has 2 N–H and O–H groups in total. The summed E-state index contributed by atoms with van der Waals surface area (Å²) in [5, 5.41) is 12.2. The number of carbonyl (C=O) groups is 4. The van der Waals surface area contributed by atoms with E-state index in [1.54, 1.807) is 17.9 Å². The molecule has 0 aromatic carbocycles. The number of nitrogens with one attached hydrogen (secondary N) is 1. The minimum atomic E-state index is -1.23. The Morgan fingerprint density at radius 2 is 1.87 bits per heavy atom. The normalized spacial score (nSPS) is 36.7. The number of cyclic esters (lactones) is 1. The summed E-state index contributed by atoms with van der Waals surface area (Å²) < 4.78 is 12.1. The Morgan fingerprint density at radius 1 is 1.08 bits per heavy atom. The van der Waals surface area contributed by atoms with Crippen molar-refractivity contribution in [2.24, 2.45) is 11.8 Å². The molecular weight excluding hydrogens is 502 g/mol. The van der Waals surface area contributed by atoms with Gasteiger partial charge in [-0.25, -0.2) is 0 Å². The molecule has 1 spiro atoms. The molecule has 0 radical (unpaired) electrons. The van der Waals surface area contributed by atoms with Crippen molar-refractivity contribution in [3.05, 3.63) is 24.3 Å². The van der Waals surface area contributed by atoms with Gasteiger partial charge in [0.2, 0.25) is 17.7 Å². The minimum absolute atomic E-state index is 0.00391. The summed E-state index contributed by atoms with van der Waals surface area (Å²) in [7, 11) is 0. The van der Waals surface area contributed by atoms with E-state index in [1.807, 2.05) is 23.1 Å². The van der Waals surface area contributed by atoms with Gasteiger partial charge in [0.05, 0.1) is 18.6 Å². The molecule has 4 heterocycles. The predicted molar refractivity (Wildman–Crippen MR) is 141 cm³/mol. The van der Waals surface area contributed by atoms with E-state index in [0.29, 0.717) is 38.8 Å². The molecule has 0 unspecified atom stereocenters. The number of allylic oxidation sites excluding steroid dienone is 1. The lowest BCUT2D eigenvalue weighted by Gasteiger charge is -2.40. The van der Waals surface area contributed by atoms with Gasteiger partial charge in [-0.1, -0.05) is 43.6 Å². The second-order valence-corrected chi connectivity index (χ2v) is 11.5. The van der Waals surface area contributed by atoms with Crippen molar-refractivity contribution in [2.45, 2.75) is 94.6 Å². The Hall–Kier alpha value is -2.72. The molecule has 39 heavy (non-hydrogen) atoms. The van der Waals surface area contributed by atoms with Gasteiger partial charge in [0.1, 0.15) is 23.7 Å². The van der Waals surface area contributed by atoms with E-state index >= 15 is 0 Å². The minimum Gasteiger partial charge on any atom is -0.460 e. The number of aliphatic hydroxyl groups excluding tert-OH is 1. The number of hydrogen-bond donors (Lipinski definition) is 2. The first-order valence-corrected chi connectivity index (χ1v) is 14.6. The molecule has 4 aliphatic heterocycles. The van der Waals surface area contributed by atoms with Gasteiger partial charge in [0, 0.05) is 32.2 Å². The third-order valence-corrected chi connectivity index (χ3v) is 8.90. The number of amides is 3. The Balaban J connectivity index is 1.53. The van der Waals surface area contributed by atoms with E-state index < -0.39 is 41.7 Å². The lowest BCUT2D eigenvalue weighted by atomic mass is 9.74. The SMILES string of the molecule is C[C@@H]1CNC(=O)CC/C=C\CN(C2CCCCC2)C(=O)[C@@H]2N(CCCCO)C(=O)[C@H]3[C@H](C(=O)O1)[C@@H]1C=C[C@]23O1. The molecule has 2 saturated heterocycles. The molecule has 5 bridgehead atoms. The average molecular weight is 544 g/mol. The van der Waals surface area contributed by atoms with Gasteiger partial charge >= 0.3 is 5.97 Å². The maximum atomic E-state index is 14.5. The summed E-state index contributed by atoms with van der Waals surface area (Å²) in [6, 6.07) is -0.838. The summed E-state index contributed by atoms with van der Waals surface area (Å²) in [6.07, 6.45) is 13.2. The zero-order valence-corrected chi connectivity index (χ0v) is 22.8. The smallest absolute Gasteiger partial charge is 0.313 e. The number of aliphatic hydroxyl groups is 1. The van der Waals surface area contributed by atoms with E-state index in [1.165, 1.54) is 0 Å². The third-order valence-electron chi connectivity index (χ3n) is 8.90. The molecule has 214 valence electrons. The average Bonchev–Trinajstić information content (AvgIpc) is 3.57. The second-order valence-electron chi connectivity index (χ2n) is 11.5. The fourth-order valence-corrected chi connectivity index (χ4v) is 7.00. The van der Waals surface area contributed by atoms with Crippen molar-refractivity contribution in [1.82, 2.24) is 15.1 Å². The van der Waals surface area contributed by atoms with Crippen LogP contribution in [0.3, 0.4) is 0 Å². The highest BCUT2D eigenvalue weighted by atomic mass is 16.6. The van der Waals surface area contributed by atoms with Gasteiger partial charge in [-0.2, -0.15) is 0 Å². The first-order chi connectivity index (χ1) is 18.9. The van der Waals surface area contributed by atoms with E-state index in [4.69, 9.17) is 9.47 Å². The molecule has 3 amide bonds. The van der Waals surface area contributed by atoms with Crippen molar-refractivity contribution in [3.8, 4) is 0 Å². The van der Waals surface area contributed by atoms with Gasteiger partial charge in [-0.3, -0.25) is 19.2 Å². The van der Waals surface area contributed by atoms with Gasteiger partial charge in [-0.15, -0.1) is 0 Å². The molecule has 5 aliphatic rings. The molecule has 0 aromatic rings. The number of unbranched alkanes of at least 4 members (excludes halogenated alkanes) is 1. The molecule has 6 atom stereocenters. The second kappa shape index (κ2) is 11.8. The van der Waals surface area contributed by atoms with Gasteiger partial charge in [-0.05, 0) is 39.0 Å². The monoisotopic (exact) mass is 543 g/mol. The molecule has 3 fully saturated rings.